The molecule has 0 amide bonds. The zero-order valence-electron chi connectivity index (χ0n) is 13.4. The zero-order chi connectivity index (χ0) is 15.3. The molecule has 0 bridgehead atoms. The average Bonchev–Trinajstić information content (AvgIpc) is 3.19. The third-order valence-corrected chi connectivity index (χ3v) is 5.96. The molecule has 0 radical (unpaired) electrons. The van der Waals surface area contributed by atoms with Crippen LogP contribution in [0, 0.1) is 5.41 Å². The lowest BCUT2D eigenvalue weighted by molar-refractivity contribution is 0.247. The highest BCUT2D eigenvalue weighted by Gasteiger charge is 2.37. The molecule has 3 aliphatic heterocycles. The van der Waals surface area contributed by atoms with Crippen LogP contribution in [0.3, 0.4) is 0 Å². The van der Waals surface area contributed by atoms with Crippen molar-refractivity contribution in [1.82, 2.24) is 10.3 Å². The van der Waals surface area contributed by atoms with Crippen LogP contribution < -0.4 is 15.5 Å². The maximum Gasteiger partial charge on any atom is 0.114 e. The number of aliphatic imine (C=N–C) groups is 1. The van der Waals surface area contributed by atoms with E-state index in [0.717, 1.165) is 12.4 Å². The number of hydrogen-bond acceptors (Lipinski definition) is 4. The van der Waals surface area contributed by atoms with E-state index in [4.69, 9.17) is 0 Å². The molecule has 0 aliphatic carbocycles. The van der Waals surface area contributed by atoms with E-state index < -0.39 is 0 Å². The largest absolute Gasteiger partial charge is 0.371 e. The molecule has 5 nitrogen and oxygen atoms in total. The van der Waals surface area contributed by atoms with Crippen molar-refractivity contribution in [3.05, 3.63) is 23.8 Å². The Morgan fingerprint density at radius 3 is 2.87 bits per heavy atom. The molecule has 1 aromatic carbocycles. The Labute approximate surface area is 136 Å². The Hall–Kier alpha value is -2.01. The molecule has 3 N–H and O–H groups in total. The predicted molar refractivity (Wildman–Crippen MR) is 95.5 cm³/mol. The summed E-state index contributed by atoms with van der Waals surface area (Å²) in [5.74, 6) is 1.10. The van der Waals surface area contributed by atoms with Gasteiger partial charge in [-0.25, -0.2) is 0 Å². The summed E-state index contributed by atoms with van der Waals surface area (Å²) in [6.45, 7) is 5.54. The summed E-state index contributed by atoms with van der Waals surface area (Å²) in [6.07, 6.45) is 5.76. The van der Waals surface area contributed by atoms with E-state index in [2.05, 4.69) is 43.7 Å². The van der Waals surface area contributed by atoms with Crippen molar-refractivity contribution in [3.63, 3.8) is 0 Å². The highest BCUT2D eigenvalue weighted by atomic mass is 15.1. The minimum atomic E-state index is 0.577. The van der Waals surface area contributed by atoms with Gasteiger partial charge in [-0.1, -0.05) is 6.07 Å². The van der Waals surface area contributed by atoms with Crippen molar-refractivity contribution in [3.8, 4) is 0 Å². The van der Waals surface area contributed by atoms with Crippen molar-refractivity contribution in [1.29, 1.82) is 0 Å². The molecule has 0 saturated carbocycles. The second-order valence-electron chi connectivity index (χ2n) is 7.24. The number of rotatable bonds is 1. The first kappa shape index (κ1) is 13.4. The third-order valence-electron chi connectivity index (χ3n) is 5.96. The van der Waals surface area contributed by atoms with Crippen LogP contribution in [-0.2, 0) is 6.54 Å². The van der Waals surface area contributed by atoms with Gasteiger partial charge in [0.25, 0.3) is 0 Å². The van der Waals surface area contributed by atoms with Gasteiger partial charge in [-0.15, -0.1) is 0 Å². The van der Waals surface area contributed by atoms with Gasteiger partial charge in [0.1, 0.15) is 5.82 Å². The van der Waals surface area contributed by atoms with E-state index in [-0.39, 0.29) is 0 Å². The summed E-state index contributed by atoms with van der Waals surface area (Å²) in [5.41, 5.74) is 4.42. The number of nitrogens with one attached hydrogen (secondary N) is 3. The van der Waals surface area contributed by atoms with Crippen molar-refractivity contribution in [2.75, 3.05) is 36.4 Å². The fourth-order valence-corrected chi connectivity index (χ4v) is 4.44. The normalized spacial score (nSPS) is 22.5. The second kappa shape index (κ2) is 4.99. The molecule has 2 saturated heterocycles. The number of nitrogens with zero attached hydrogens (tertiary/aromatic N) is 2. The van der Waals surface area contributed by atoms with Crippen LogP contribution in [0.5, 0.6) is 0 Å². The summed E-state index contributed by atoms with van der Waals surface area (Å²) in [4.78, 5) is 10.4. The third kappa shape index (κ3) is 2.14. The van der Waals surface area contributed by atoms with Gasteiger partial charge in [0, 0.05) is 41.8 Å². The van der Waals surface area contributed by atoms with Gasteiger partial charge >= 0.3 is 0 Å². The number of aromatic amines is 1. The fourth-order valence-electron chi connectivity index (χ4n) is 4.44. The Morgan fingerprint density at radius 2 is 2.04 bits per heavy atom. The molecular weight excluding hydrogens is 286 g/mol. The first-order valence-electron chi connectivity index (χ1n) is 8.68. The van der Waals surface area contributed by atoms with Crippen molar-refractivity contribution in [2.24, 2.45) is 10.4 Å². The highest BCUT2D eigenvalue weighted by molar-refractivity contribution is 5.95. The van der Waals surface area contributed by atoms with Gasteiger partial charge < -0.3 is 20.5 Å². The standard InChI is InChI=1S/C18H23N5/c1-2-14-15-10-20-12-21-17(15)22-16(14)9-13(1)23-7-4-18(5-8-23)3-6-19-11-18/h1-2,9,12,19,22H,3-8,10-11H2,(H,20,21). The minimum Gasteiger partial charge on any atom is -0.371 e. The molecule has 1 spiro atoms. The molecule has 120 valence electrons. The molecule has 4 heterocycles. The molecule has 2 aromatic rings. The molecule has 1 aromatic heterocycles. The van der Waals surface area contributed by atoms with E-state index in [1.807, 2.05) is 0 Å². The number of benzene rings is 1. The van der Waals surface area contributed by atoms with Gasteiger partial charge in [0.15, 0.2) is 0 Å². The molecule has 0 unspecified atom stereocenters. The quantitative estimate of drug-likeness (QED) is 0.759. The smallest absolute Gasteiger partial charge is 0.114 e. The van der Waals surface area contributed by atoms with Gasteiger partial charge in [-0.05, 0) is 43.4 Å². The van der Waals surface area contributed by atoms with Crippen molar-refractivity contribution < 1.29 is 0 Å². The van der Waals surface area contributed by atoms with E-state index in [1.54, 1.807) is 6.34 Å². The van der Waals surface area contributed by atoms with E-state index in [9.17, 15) is 0 Å². The summed E-state index contributed by atoms with van der Waals surface area (Å²) >= 11 is 0. The maximum atomic E-state index is 4.32. The Bertz CT molecular complexity index is 759. The molecule has 5 heteroatoms. The average molecular weight is 309 g/mol. The van der Waals surface area contributed by atoms with E-state index in [0.29, 0.717) is 5.41 Å². The van der Waals surface area contributed by atoms with Crippen LogP contribution in [0.15, 0.2) is 23.2 Å². The summed E-state index contributed by atoms with van der Waals surface area (Å²) < 4.78 is 0. The first-order chi connectivity index (χ1) is 11.3. The molecular formula is C18H23N5. The lowest BCUT2D eigenvalue weighted by Gasteiger charge is -2.40. The summed E-state index contributed by atoms with van der Waals surface area (Å²) in [5, 5.41) is 8.06. The van der Waals surface area contributed by atoms with E-state index in [1.165, 1.54) is 67.6 Å². The highest BCUT2D eigenvalue weighted by Crippen LogP contribution is 2.39. The molecule has 5 rings (SSSR count). The number of H-pyrrole nitrogens is 1. The summed E-state index contributed by atoms with van der Waals surface area (Å²) in [7, 11) is 0. The van der Waals surface area contributed by atoms with Gasteiger partial charge in [-0.3, -0.25) is 4.99 Å². The van der Waals surface area contributed by atoms with Gasteiger partial charge in [0.05, 0.1) is 12.9 Å². The SMILES string of the molecule is C1=NCc2c([nH]c3cc(N4CCC5(CCNC5)CC4)ccc23)N1. The number of piperidine rings is 1. The Balaban J connectivity index is 1.41. The lowest BCUT2D eigenvalue weighted by Crippen LogP contribution is -2.41. The topological polar surface area (TPSA) is 55.5 Å². The minimum absolute atomic E-state index is 0.577. The number of fused-ring (bicyclic) bond motifs is 3. The van der Waals surface area contributed by atoms with Crippen LogP contribution in [0.4, 0.5) is 11.5 Å². The molecule has 23 heavy (non-hydrogen) atoms. The number of anilines is 2. The molecule has 0 atom stereocenters. The summed E-state index contributed by atoms with van der Waals surface area (Å²) in [6, 6.07) is 6.84. The van der Waals surface area contributed by atoms with Crippen molar-refractivity contribution in [2.45, 2.75) is 25.8 Å². The monoisotopic (exact) mass is 309 g/mol. The Morgan fingerprint density at radius 1 is 1.13 bits per heavy atom. The van der Waals surface area contributed by atoms with Crippen LogP contribution in [0.2, 0.25) is 0 Å². The van der Waals surface area contributed by atoms with Gasteiger partial charge in [0.2, 0.25) is 0 Å². The molecule has 3 aliphatic rings. The van der Waals surface area contributed by atoms with Crippen LogP contribution >= 0.6 is 0 Å². The zero-order valence-corrected chi connectivity index (χ0v) is 13.4. The fraction of sp³-hybridized carbons (Fsp3) is 0.500. The van der Waals surface area contributed by atoms with Crippen LogP contribution in [-0.4, -0.2) is 37.5 Å². The first-order valence-corrected chi connectivity index (χ1v) is 8.68. The van der Waals surface area contributed by atoms with Gasteiger partial charge in [-0.2, -0.15) is 0 Å². The maximum absolute atomic E-state index is 4.32. The van der Waals surface area contributed by atoms with Crippen LogP contribution in [0.1, 0.15) is 24.8 Å². The number of hydrogen-bond donors (Lipinski definition) is 3. The Kier molecular flexibility index (Phi) is 2.92. The number of aromatic nitrogens is 1. The van der Waals surface area contributed by atoms with Crippen molar-refractivity contribution >= 4 is 28.7 Å². The molecule has 2 fully saturated rings. The van der Waals surface area contributed by atoms with E-state index >= 15 is 0 Å². The second-order valence-corrected chi connectivity index (χ2v) is 7.24. The van der Waals surface area contributed by atoms with Crippen LogP contribution in [0.25, 0.3) is 10.9 Å². The predicted octanol–water partition coefficient (Wildman–Crippen LogP) is 2.70. The lowest BCUT2D eigenvalue weighted by atomic mass is 9.78.